The standard InChI is InChI=1S/C15H23NO8/c17-6-1-2-11(5-7-18)9-23-10-12(19)8-15(22)24-16-13(20)3-4-14(16)21/h11,17-18H,1-10H2. The van der Waals surface area contributed by atoms with Gasteiger partial charge in [0.1, 0.15) is 13.0 Å². The van der Waals surface area contributed by atoms with Crippen molar-refractivity contribution in [3.8, 4) is 0 Å². The van der Waals surface area contributed by atoms with E-state index >= 15 is 0 Å². The van der Waals surface area contributed by atoms with Crippen molar-refractivity contribution in [1.29, 1.82) is 0 Å². The maximum absolute atomic E-state index is 11.6. The minimum atomic E-state index is -0.987. The molecule has 0 aromatic rings. The Morgan fingerprint density at radius 1 is 1.08 bits per heavy atom. The zero-order valence-electron chi connectivity index (χ0n) is 13.4. The van der Waals surface area contributed by atoms with Crippen LogP contribution in [0.3, 0.4) is 0 Å². The molecule has 9 heteroatoms. The number of amides is 2. The Labute approximate surface area is 139 Å². The summed E-state index contributed by atoms with van der Waals surface area (Å²) in [6.07, 6.45) is 1.11. The highest BCUT2D eigenvalue weighted by atomic mass is 16.7. The zero-order chi connectivity index (χ0) is 17.9. The molecule has 1 saturated heterocycles. The van der Waals surface area contributed by atoms with Gasteiger partial charge in [0.25, 0.3) is 11.8 Å². The van der Waals surface area contributed by atoms with Crippen LogP contribution in [0.5, 0.6) is 0 Å². The van der Waals surface area contributed by atoms with Gasteiger partial charge in [-0.15, -0.1) is 5.06 Å². The predicted molar refractivity (Wildman–Crippen MR) is 79.1 cm³/mol. The van der Waals surface area contributed by atoms with Crippen molar-refractivity contribution in [2.45, 2.75) is 38.5 Å². The second-order valence-electron chi connectivity index (χ2n) is 5.52. The van der Waals surface area contributed by atoms with Gasteiger partial charge in [-0.3, -0.25) is 14.4 Å². The smallest absolute Gasteiger partial charge is 0.340 e. The minimum absolute atomic E-state index is 0.0107. The number of nitrogens with zero attached hydrogens (tertiary/aromatic N) is 1. The summed E-state index contributed by atoms with van der Waals surface area (Å²) in [6.45, 7) is -0.0548. The molecule has 0 aromatic heterocycles. The number of hydrogen-bond donors (Lipinski definition) is 2. The molecule has 9 nitrogen and oxygen atoms in total. The second-order valence-corrected chi connectivity index (χ2v) is 5.52. The monoisotopic (exact) mass is 345 g/mol. The molecule has 1 atom stereocenters. The highest BCUT2D eigenvalue weighted by Gasteiger charge is 2.33. The van der Waals surface area contributed by atoms with Crippen LogP contribution >= 0.6 is 0 Å². The molecule has 1 heterocycles. The van der Waals surface area contributed by atoms with Crippen molar-refractivity contribution in [2.24, 2.45) is 5.92 Å². The van der Waals surface area contributed by atoms with Crippen molar-refractivity contribution >= 4 is 23.6 Å². The van der Waals surface area contributed by atoms with E-state index in [-0.39, 0.29) is 45.2 Å². The Kier molecular flexibility index (Phi) is 9.13. The third kappa shape index (κ3) is 7.16. The Hall–Kier alpha value is -1.84. The fourth-order valence-corrected chi connectivity index (χ4v) is 2.22. The molecule has 1 rings (SSSR count). The van der Waals surface area contributed by atoms with Crippen LogP contribution < -0.4 is 0 Å². The summed E-state index contributed by atoms with van der Waals surface area (Å²) < 4.78 is 5.22. The maximum Gasteiger partial charge on any atom is 0.340 e. The topological polar surface area (TPSA) is 130 Å². The summed E-state index contributed by atoms with van der Waals surface area (Å²) in [7, 11) is 0. The molecule has 1 fully saturated rings. The Morgan fingerprint density at radius 3 is 2.33 bits per heavy atom. The first-order chi connectivity index (χ1) is 11.5. The number of carbonyl (C=O) groups excluding carboxylic acids is 4. The van der Waals surface area contributed by atoms with E-state index in [9.17, 15) is 19.2 Å². The molecule has 0 saturated carbocycles. The van der Waals surface area contributed by atoms with Gasteiger partial charge in [-0.25, -0.2) is 4.79 Å². The minimum Gasteiger partial charge on any atom is -0.396 e. The molecule has 2 N–H and O–H groups in total. The van der Waals surface area contributed by atoms with Crippen molar-refractivity contribution in [2.75, 3.05) is 26.4 Å². The number of aliphatic hydroxyl groups excluding tert-OH is 2. The van der Waals surface area contributed by atoms with Gasteiger partial charge in [0.2, 0.25) is 0 Å². The molecule has 2 amide bonds. The summed E-state index contributed by atoms with van der Waals surface area (Å²) in [5.74, 6) is -2.72. The number of rotatable bonds is 12. The van der Waals surface area contributed by atoms with Crippen LogP contribution in [0.15, 0.2) is 0 Å². The predicted octanol–water partition coefficient (Wildman–Crippen LogP) is -0.660. The number of ketones is 1. The molecule has 1 aliphatic rings. The van der Waals surface area contributed by atoms with E-state index in [0.717, 1.165) is 0 Å². The quantitative estimate of drug-likeness (QED) is 0.352. The van der Waals surface area contributed by atoms with Crippen LogP contribution in [0.25, 0.3) is 0 Å². The molecule has 0 aliphatic carbocycles. The first-order valence-corrected chi connectivity index (χ1v) is 7.85. The largest absolute Gasteiger partial charge is 0.396 e. The van der Waals surface area contributed by atoms with E-state index in [4.69, 9.17) is 14.9 Å². The molecule has 0 radical (unpaired) electrons. The number of Topliss-reactive ketones (excluding diaryl/α,β-unsaturated/α-hetero) is 1. The number of ether oxygens (including phenoxy) is 1. The average molecular weight is 345 g/mol. The summed E-state index contributed by atoms with van der Waals surface area (Å²) >= 11 is 0. The lowest BCUT2D eigenvalue weighted by molar-refractivity contribution is -0.197. The normalized spacial score (nSPS) is 15.7. The average Bonchev–Trinajstić information content (AvgIpc) is 2.84. The summed E-state index contributed by atoms with van der Waals surface area (Å²) in [6, 6.07) is 0. The van der Waals surface area contributed by atoms with E-state index in [1.165, 1.54) is 0 Å². The fraction of sp³-hybridized carbons (Fsp3) is 0.733. The number of hydrogen-bond acceptors (Lipinski definition) is 8. The van der Waals surface area contributed by atoms with Crippen molar-refractivity contribution in [1.82, 2.24) is 5.06 Å². The van der Waals surface area contributed by atoms with Crippen LogP contribution in [0.4, 0.5) is 0 Å². The van der Waals surface area contributed by atoms with Crippen LogP contribution in [-0.4, -0.2) is 65.3 Å². The lowest BCUT2D eigenvalue weighted by atomic mass is 10.0. The van der Waals surface area contributed by atoms with Gasteiger partial charge < -0.3 is 19.8 Å². The lowest BCUT2D eigenvalue weighted by Gasteiger charge is -2.15. The molecule has 1 aliphatic heterocycles. The Morgan fingerprint density at radius 2 is 1.75 bits per heavy atom. The number of aliphatic hydroxyl groups is 2. The zero-order valence-corrected chi connectivity index (χ0v) is 13.4. The van der Waals surface area contributed by atoms with Gasteiger partial charge >= 0.3 is 5.97 Å². The fourth-order valence-electron chi connectivity index (χ4n) is 2.22. The van der Waals surface area contributed by atoms with E-state index in [0.29, 0.717) is 24.3 Å². The molecule has 0 spiro atoms. The van der Waals surface area contributed by atoms with E-state index in [1.54, 1.807) is 0 Å². The molecule has 24 heavy (non-hydrogen) atoms. The maximum atomic E-state index is 11.6. The summed E-state index contributed by atoms with van der Waals surface area (Å²) in [5.41, 5.74) is 0. The van der Waals surface area contributed by atoms with Gasteiger partial charge in [-0.2, -0.15) is 0 Å². The van der Waals surface area contributed by atoms with Gasteiger partial charge in [-0.1, -0.05) is 0 Å². The highest BCUT2D eigenvalue weighted by molar-refractivity contribution is 6.03. The number of carbonyl (C=O) groups is 4. The van der Waals surface area contributed by atoms with Crippen molar-refractivity contribution in [3.63, 3.8) is 0 Å². The summed E-state index contributed by atoms with van der Waals surface area (Å²) in [4.78, 5) is 50.3. The third-order valence-electron chi connectivity index (χ3n) is 3.46. The van der Waals surface area contributed by atoms with Gasteiger partial charge in [0.15, 0.2) is 5.78 Å². The Balaban J connectivity index is 2.26. The second kappa shape index (κ2) is 10.8. The lowest BCUT2D eigenvalue weighted by Crippen LogP contribution is -2.33. The SMILES string of the molecule is O=C(COCC(CCO)CCCO)CC(=O)ON1C(=O)CCC1=O. The molecule has 1 unspecified atom stereocenters. The molecule has 136 valence electrons. The molecule has 0 bridgehead atoms. The van der Waals surface area contributed by atoms with E-state index < -0.39 is 30.0 Å². The number of hydroxylamine groups is 2. The first kappa shape index (κ1) is 20.2. The van der Waals surface area contributed by atoms with Crippen LogP contribution in [0, 0.1) is 5.92 Å². The summed E-state index contributed by atoms with van der Waals surface area (Å²) in [5, 5.41) is 18.1. The molecular formula is C15H23NO8. The van der Waals surface area contributed by atoms with E-state index in [1.807, 2.05) is 0 Å². The molecular weight excluding hydrogens is 322 g/mol. The van der Waals surface area contributed by atoms with Gasteiger partial charge in [0.05, 0.1) is 6.61 Å². The van der Waals surface area contributed by atoms with Crippen molar-refractivity contribution < 1.29 is 39.0 Å². The van der Waals surface area contributed by atoms with Crippen molar-refractivity contribution in [3.05, 3.63) is 0 Å². The van der Waals surface area contributed by atoms with Gasteiger partial charge in [0, 0.05) is 26.1 Å². The third-order valence-corrected chi connectivity index (χ3v) is 3.46. The van der Waals surface area contributed by atoms with Crippen LogP contribution in [0.1, 0.15) is 38.5 Å². The first-order valence-electron chi connectivity index (χ1n) is 7.85. The van der Waals surface area contributed by atoms with Crippen LogP contribution in [0.2, 0.25) is 0 Å². The number of imide groups is 1. The van der Waals surface area contributed by atoms with Crippen LogP contribution in [-0.2, 0) is 28.8 Å². The highest BCUT2D eigenvalue weighted by Crippen LogP contribution is 2.13. The Bertz CT molecular complexity index is 448. The van der Waals surface area contributed by atoms with E-state index in [2.05, 4.69) is 4.84 Å². The molecule has 0 aromatic carbocycles. The van der Waals surface area contributed by atoms with Gasteiger partial charge in [-0.05, 0) is 25.2 Å².